The maximum Gasteiger partial charge on any atom is 0.158 e. The third kappa shape index (κ3) is 8.74. The Morgan fingerprint density at radius 1 is 0.538 bits per heavy atom. The number of methoxy groups -OCH3 is 2. The second-order valence-electron chi connectivity index (χ2n) is 13.5. The molecule has 0 aliphatic carbocycles. The van der Waals surface area contributed by atoms with Gasteiger partial charge in [-0.15, -0.1) is 0 Å². The van der Waals surface area contributed by atoms with Crippen molar-refractivity contribution >= 4 is 9.84 Å². The molecule has 2 aromatic rings. The highest BCUT2D eigenvalue weighted by Gasteiger charge is 2.26. The first-order chi connectivity index (χ1) is 18.2. The van der Waals surface area contributed by atoms with Crippen LogP contribution in [-0.4, -0.2) is 22.6 Å². The van der Waals surface area contributed by atoms with E-state index in [2.05, 4.69) is 65.8 Å². The normalized spacial score (nSPS) is 17.9. The number of rotatable bonds is 2. The van der Waals surface area contributed by atoms with Crippen LogP contribution in [0, 0.1) is 0 Å². The van der Waals surface area contributed by atoms with Crippen molar-refractivity contribution in [2.24, 2.45) is 0 Å². The van der Waals surface area contributed by atoms with E-state index in [1.807, 2.05) is 0 Å². The molecule has 4 nitrogen and oxygen atoms in total. The van der Waals surface area contributed by atoms with Crippen LogP contribution in [0.4, 0.5) is 0 Å². The lowest BCUT2D eigenvalue weighted by atomic mass is 9.84. The summed E-state index contributed by atoms with van der Waals surface area (Å²) in [6, 6.07) is 8.58. The van der Waals surface area contributed by atoms with Gasteiger partial charge in [0.1, 0.15) is 11.5 Å². The van der Waals surface area contributed by atoms with Crippen molar-refractivity contribution in [3.63, 3.8) is 0 Å². The van der Waals surface area contributed by atoms with Gasteiger partial charge < -0.3 is 9.47 Å². The third-order valence-corrected chi connectivity index (χ3v) is 9.52. The maximum atomic E-state index is 13.9. The van der Waals surface area contributed by atoms with E-state index in [1.54, 1.807) is 14.2 Å². The Morgan fingerprint density at radius 3 is 1.15 bits per heavy atom. The van der Waals surface area contributed by atoms with Crippen molar-refractivity contribution in [2.75, 3.05) is 14.2 Å². The first-order valence-corrected chi connectivity index (χ1v) is 16.7. The summed E-state index contributed by atoms with van der Waals surface area (Å²) in [5, 5.41) is 0. The van der Waals surface area contributed by atoms with E-state index in [-0.39, 0.29) is 22.3 Å². The van der Waals surface area contributed by atoms with Crippen LogP contribution in [0.1, 0.15) is 126 Å². The summed E-state index contributed by atoms with van der Waals surface area (Å²) in [5.74, 6) is 1.37. The Kier molecular flexibility index (Phi) is 10.6. The zero-order valence-electron chi connectivity index (χ0n) is 25.8. The fourth-order valence-corrected chi connectivity index (χ4v) is 7.18. The predicted molar refractivity (Wildman–Crippen MR) is 164 cm³/mol. The first kappa shape index (κ1) is 31.5. The molecule has 4 bridgehead atoms. The second-order valence-corrected chi connectivity index (χ2v) is 15.6. The Hall–Kier alpha value is -2.01. The topological polar surface area (TPSA) is 52.6 Å². The Labute approximate surface area is 238 Å². The van der Waals surface area contributed by atoms with Crippen molar-refractivity contribution in [3.05, 3.63) is 57.6 Å². The summed E-state index contributed by atoms with van der Waals surface area (Å²) < 4.78 is 39.5. The smallest absolute Gasteiger partial charge is 0.158 e. The van der Waals surface area contributed by atoms with E-state index < -0.39 is 9.84 Å². The Bertz CT molecular complexity index is 1120. The molecule has 0 radical (unpaired) electrons. The molecule has 39 heavy (non-hydrogen) atoms. The largest absolute Gasteiger partial charge is 0.496 e. The molecule has 3 rings (SSSR count). The van der Waals surface area contributed by atoms with E-state index in [0.29, 0.717) is 0 Å². The lowest BCUT2D eigenvalue weighted by Crippen LogP contribution is -2.17. The second kappa shape index (κ2) is 13.1. The number of fused-ring (bicyclic) bond motifs is 4. The van der Waals surface area contributed by atoms with E-state index in [9.17, 15) is 8.42 Å². The summed E-state index contributed by atoms with van der Waals surface area (Å²) in [5.41, 5.74) is 5.92. The number of sulfone groups is 1. The van der Waals surface area contributed by atoms with Crippen LogP contribution in [0.5, 0.6) is 11.5 Å². The molecule has 5 heteroatoms. The summed E-state index contributed by atoms with van der Waals surface area (Å²) in [6.45, 7) is 13.1. The van der Waals surface area contributed by atoms with Gasteiger partial charge in [0.25, 0.3) is 0 Å². The van der Waals surface area contributed by atoms with Crippen molar-refractivity contribution in [2.45, 2.75) is 128 Å². The van der Waals surface area contributed by atoms with Crippen molar-refractivity contribution in [3.8, 4) is 11.5 Å². The highest BCUT2D eigenvalue weighted by molar-refractivity contribution is 7.89. The van der Waals surface area contributed by atoms with E-state index >= 15 is 0 Å². The molecule has 0 fully saturated rings. The fourth-order valence-electron chi connectivity index (χ4n) is 5.70. The molecule has 0 saturated carbocycles. The van der Waals surface area contributed by atoms with Crippen LogP contribution in [0.3, 0.4) is 0 Å². The highest BCUT2D eigenvalue weighted by atomic mass is 32.2. The van der Waals surface area contributed by atoms with Crippen molar-refractivity contribution < 1.29 is 17.9 Å². The van der Waals surface area contributed by atoms with E-state index in [1.165, 1.54) is 38.5 Å². The van der Waals surface area contributed by atoms with Gasteiger partial charge in [-0.2, -0.15) is 0 Å². The highest BCUT2D eigenvalue weighted by Crippen LogP contribution is 2.37. The molecule has 0 amide bonds. The van der Waals surface area contributed by atoms with E-state index in [4.69, 9.17) is 9.47 Å². The molecule has 2 aromatic carbocycles. The molecule has 1 aliphatic rings. The summed E-state index contributed by atoms with van der Waals surface area (Å²) in [6.07, 6.45) is 11.4. The fraction of sp³-hybridized carbons (Fsp3) is 0.647. The minimum atomic E-state index is -3.51. The van der Waals surface area contributed by atoms with Gasteiger partial charge in [-0.3, -0.25) is 0 Å². The van der Waals surface area contributed by atoms with Gasteiger partial charge in [-0.25, -0.2) is 8.42 Å². The van der Waals surface area contributed by atoms with Crippen LogP contribution in [0.15, 0.2) is 24.3 Å². The molecule has 0 saturated heterocycles. The average Bonchev–Trinajstić information content (AvgIpc) is 2.82. The molecule has 0 N–H and O–H groups in total. The SMILES string of the molecule is COc1c2cc(C(C)(C)C)cc1CS(=O)(=O)Cc1cc(C(C)(C)C)cc(c1OC)CCCCCCCCCC2. The van der Waals surface area contributed by atoms with E-state index in [0.717, 1.165) is 70.6 Å². The molecular weight excluding hydrogens is 504 g/mol. The summed E-state index contributed by atoms with van der Waals surface area (Å²) in [7, 11) is -0.171. The van der Waals surface area contributed by atoms with Gasteiger partial charge in [0.15, 0.2) is 9.84 Å². The number of ether oxygens (including phenoxy) is 2. The molecule has 0 aromatic heterocycles. The number of benzene rings is 2. The van der Waals surface area contributed by atoms with Crippen LogP contribution in [0.25, 0.3) is 0 Å². The molecule has 218 valence electrons. The maximum absolute atomic E-state index is 13.9. The molecule has 0 atom stereocenters. The van der Waals surface area contributed by atoms with Gasteiger partial charge in [-0.1, -0.05) is 104 Å². The quantitative estimate of drug-likeness (QED) is 0.371. The van der Waals surface area contributed by atoms with Gasteiger partial charge in [0.05, 0.1) is 25.7 Å². The summed E-state index contributed by atoms with van der Waals surface area (Å²) >= 11 is 0. The van der Waals surface area contributed by atoms with Gasteiger partial charge in [0.2, 0.25) is 0 Å². The number of hydrogen-bond acceptors (Lipinski definition) is 4. The molecule has 0 unspecified atom stereocenters. The minimum absolute atomic E-state index is 0.0503. The first-order valence-electron chi connectivity index (χ1n) is 14.9. The molecular formula is C34H52O4S. The third-order valence-electron chi connectivity index (χ3n) is 8.02. The lowest BCUT2D eigenvalue weighted by Gasteiger charge is -2.25. The number of hydrogen-bond donors (Lipinski definition) is 0. The van der Waals surface area contributed by atoms with Gasteiger partial charge >= 0.3 is 0 Å². The standard InChI is InChI=1S/C34H52O4S/c1-33(2,3)29-19-25-17-15-13-11-9-10-12-14-16-18-26-20-30(34(4,5)6)22-28(32(26)38-8)24-39(35,36)23-27(21-29)31(25)37-7/h19-22H,9-18,23-24H2,1-8H3. The molecule has 1 aliphatic heterocycles. The lowest BCUT2D eigenvalue weighted by molar-refractivity contribution is 0.403. The zero-order chi connectivity index (χ0) is 28.8. The van der Waals surface area contributed by atoms with Crippen molar-refractivity contribution in [1.29, 1.82) is 0 Å². The summed E-state index contributed by atoms with van der Waals surface area (Å²) in [4.78, 5) is 0. The van der Waals surface area contributed by atoms with Crippen LogP contribution in [0.2, 0.25) is 0 Å². The molecule has 0 spiro atoms. The minimum Gasteiger partial charge on any atom is -0.496 e. The monoisotopic (exact) mass is 556 g/mol. The van der Waals surface area contributed by atoms with Gasteiger partial charge in [0, 0.05) is 11.1 Å². The predicted octanol–water partition coefficient (Wildman–Crippen LogP) is 8.63. The Balaban J connectivity index is 2.13. The van der Waals surface area contributed by atoms with Crippen LogP contribution in [-0.2, 0) is 45.0 Å². The van der Waals surface area contributed by atoms with Crippen LogP contribution < -0.4 is 9.47 Å². The van der Waals surface area contributed by atoms with Crippen molar-refractivity contribution in [1.82, 2.24) is 0 Å². The van der Waals surface area contributed by atoms with Gasteiger partial charge in [-0.05, 0) is 58.8 Å². The molecule has 1 heterocycles. The average molecular weight is 557 g/mol. The Morgan fingerprint density at radius 2 is 0.846 bits per heavy atom. The number of aryl methyl sites for hydroxylation is 2. The van der Waals surface area contributed by atoms with Crippen LogP contribution >= 0.6 is 0 Å². The zero-order valence-corrected chi connectivity index (χ0v) is 26.7.